The molecule has 46 heavy (non-hydrogen) atoms. The summed E-state index contributed by atoms with van der Waals surface area (Å²) in [6.45, 7) is -5.09. The first kappa shape index (κ1) is 31.7. The number of thiol groups is 1. The predicted octanol–water partition coefficient (Wildman–Crippen LogP) is -1.67. The zero-order valence-electron chi connectivity index (χ0n) is 23.2. The number of rotatable bonds is 2. The summed E-state index contributed by atoms with van der Waals surface area (Å²) < 4.78 is 60.1. The Labute approximate surface area is 274 Å². The van der Waals surface area contributed by atoms with Crippen LogP contribution in [-0.2, 0) is 60.7 Å². The van der Waals surface area contributed by atoms with Crippen LogP contribution in [0.5, 0.6) is 0 Å². The lowest BCUT2D eigenvalue weighted by molar-refractivity contribution is -0.183. The van der Waals surface area contributed by atoms with Gasteiger partial charge in [-0.2, -0.15) is 0 Å². The van der Waals surface area contributed by atoms with E-state index in [2.05, 4.69) is 42.8 Å². The van der Waals surface area contributed by atoms with Gasteiger partial charge in [-0.05, 0) is 23.6 Å². The highest BCUT2D eigenvalue weighted by atomic mass is 32.9. The van der Waals surface area contributed by atoms with E-state index < -0.39 is 98.7 Å². The number of imidazole rings is 1. The summed E-state index contributed by atoms with van der Waals surface area (Å²) in [5.74, 6) is -0.263. The molecule has 5 fully saturated rings. The first-order valence-corrected chi connectivity index (χ1v) is 20.2. The van der Waals surface area contributed by atoms with Crippen molar-refractivity contribution in [2.75, 3.05) is 25.6 Å². The number of alkyl halides is 1. The van der Waals surface area contributed by atoms with Crippen LogP contribution in [0.3, 0.4) is 0 Å². The van der Waals surface area contributed by atoms with Crippen LogP contribution in [0, 0.1) is 0 Å². The maximum Gasteiger partial charge on any atom is 0.325 e. The molecule has 13 atom stereocenters. The number of amides is 1. The number of anilines is 1. The SMILES string of the molecule is Nc1ncnc2c1ncn2[C@@H]1OC23CO[C@@H]1[C@@H]2OP(=S)(S)OC[C@H]1O[C@@H](N2C=NC4C(=O)NC(N)NC42)[C@H](OP(O)(=S)OC3)[C@H]1F. The van der Waals surface area contributed by atoms with Crippen LogP contribution < -0.4 is 22.1 Å². The van der Waals surface area contributed by atoms with E-state index in [9.17, 15) is 9.69 Å². The molecule has 0 aromatic carbocycles. The minimum absolute atomic E-state index is 0.0497. The first-order valence-electron chi connectivity index (χ1n) is 13.8. The van der Waals surface area contributed by atoms with Crippen molar-refractivity contribution in [2.24, 2.45) is 10.7 Å². The van der Waals surface area contributed by atoms with Crippen LogP contribution in [0.25, 0.3) is 11.2 Å². The zero-order valence-corrected chi connectivity index (χ0v) is 27.5. The van der Waals surface area contributed by atoms with E-state index in [1.54, 1.807) is 4.57 Å². The number of nitrogens with zero attached hydrogens (tertiary/aromatic N) is 6. The Hall–Kier alpha value is -1.53. The summed E-state index contributed by atoms with van der Waals surface area (Å²) in [7, 11) is 0. The van der Waals surface area contributed by atoms with Gasteiger partial charge in [0.15, 0.2) is 36.1 Å². The number of ether oxygens (including phenoxy) is 3. The molecule has 5 saturated heterocycles. The van der Waals surface area contributed by atoms with Gasteiger partial charge >= 0.3 is 6.72 Å². The summed E-state index contributed by atoms with van der Waals surface area (Å²) in [5.41, 5.74) is 7.77. The number of fused-ring (bicyclic) bond motifs is 4. The molecular formula is C21H27FN10O9P2S3. The molecule has 8 heterocycles. The van der Waals surface area contributed by atoms with Crippen LogP contribution in [0.2, 0.25) is 0 Å². The minimum atomic E-state index is -4.22. The van der Waals surface area contributed by atoms with Crippen molar-refractivity contribution >= 4 is 77.5 Å². The summed E-state index contributed by atoms with van der Waals surface area (Å²) >= 11 is 15.5. The van der Waals surface area contributed by atoms with E-state index in [1.807, 2.05) is 0 Å². The highest BCUT2D eigenvalue weighted by Gasteiger charge is 2.65. The van der Waals surface area contributed by atoms with Crippen molar-refractivity contribution in [1.82, 2.24) is 35.1 Å². The monoisotopic (exact) mass is 740 g/mol. The molecule has 0 spiro atoms. The summed E-state index contributed by atoms with van der Waals surface area (Å²) in [6.07, 6.45) is -6.15. The smallest absolute Gasteiger partial charge is 0.325 e. The highest BCUT2D eigenvalue weighted by Crippen LogP contribution is 2.61. The van der Waals surface area contributed by atoms with E-state index in [0.29, 0.717) is 11.2 Å². The molecule has 4 bridgehead atoms. The van der Waals surface area contributed by atoms with Crippen LogP contribution in [0.1, 0.15) is 6.23 Å². The van der Waals surface area contributed by atoms with Crippen molar-refractivity contribution in [1.29, 1.82) is 0 Å². The molecule has 0 aliphatic carbocycles. The second kappa shape index (κ2) is 11.3. The molecule has 2 aromatic heterocycles. The highest BCUT2D eigenvalue weighted by molar-refractivity contribution is 8.60. The lowest BCUT2D eigenvalue weighted by Crippen LogP contribution is -2.70. The molecule has 6 unspecified atom stereocenters. The second-order valence-electron chi connectivity index (χ2n) is 11.3. The van der Waals surface area contributed by atoms with E-state index in [-0.39, 0.29) is 12.4 Å². The maximum atomic E-state index is 16.1. The van der Waals surface area contributed by atoms with E-state index >= 15 is 4.39 Å². The zero-order chi connectivity index (χ0) is 32.2. The number of nitrogens with two attached hydrogens (primary N) is 2. The van der Waals surface area contributed by atoms with Gasteiger partial charge in [-0.1, -0.05) is 12.2 Å². The van der Waals surface area contributed by atoms with Gasteiger partial charge in [-0.3, -0.25) is 29.9 Å². The molecule has 0 radical (unpaired) electrons. The molecule has 8 rings (SSSR count). The largest absolute Gasteiger partial charge is 0.382 e. The van der Waals surface area contributed by atoms with Crippen LogP contribution in [0.15, 0.2) is 17.6 Å². The molecule has 0 saturated carbocycles. The Morgan fingerprint density at radius 1 is 1.17 bits per heavy atom. The number of hydrogen-bond donors (Lipinski definition) is 6. The van der Waals surface area contributed by atoms with Gasteiger partial charge in [0.25, 0.3) is 5.91 Å². The van der Waals surface area contributed by atoms with Crippen molar-refractivity contribution in [3.63, 3.8) is 0 Å². The fraction of sp³-hybridized carbons (Fsp3) is 0.667. The average molecular weight is 741 g/mol. The number of aliphatic imine (C=N–C) groups is 1. The van der Waals surface area contributed by atoms with E-state index in [1.165, 1.54) is 23.9 Å². The predicted molar refractivity (Wildman–Crippen MR) is 164 cm³/mol. The molecule has 25 heteroatoms. The minimum Gasteiger partial charge on any atom is -0.382 e. The molecule has 250 valence electrons. The van der Waals surface area contributed by atoms with E-state index in [0.717, 1.165) is 0 Å². The van der Waals surface area contributed by atoms with Crippen LogP contribution >= 0.6 is 24.7 Å². The lowest BCUT2D eigenvalue weighted by Gasteiger charge is -2.39. The third-order valence-corrected chi connectivity index (χ3v) is 12.2. The average Bonchev–Trinajstić information content (AvgIpc) is 3.80. The maximum absolute atomic E-state index is 16.1. The normalized spacial score (nSPS) is 47.2. The molecule has 6 aliphatic heterocycles. The number of hydrogen-bond acceptors (Lipinski definition) is 18. The van der Waals surface area contributed by atoms with Crippen molar-refractivity contribution in [3.05, 3.63) is 12.7 Å². The fourth-order valence-corrected chi connectivity index (χ4v) is 9.76. The van der Waals surface area contributed by atoms with Gasteiger partial charge in [-0.25, -0.2) is 19.3 Å². The van der Waals surface area contributed by atoms with Crippen LogP contribution in [-0.4, -0.2) is 122 Å². The van der Waals surface area contributed by atoms with Crippen molar-refractivity contribution in [2.45, 2.75) is 67.1 Å². The first-order chi connectivity index (χ1) is 21.8. The Morgan fingerprint density at radius 3 is 2.83 bits per heavy atom. The summed E-state index contributed by atoms with van der Waals surface area (Å²) in [6, 6.07) is -0.900. The number of nitrogens with one attached hydrogen (secondary N) is 2. The lowest BCUT2D eigenvalue weighted by atomic mass is 10.0. The van der Waals surface area contributed by atoms with Gasteiger partial charge in [0.05, 0.1) is 32.5 Å². The van der Waals surface area contributed by atoms with Crippen LogP contribution in [0.4, 0.5) is 10.2 Å². The molecule has 2 aromatic rings. The third kappa shape index (κ3) is 5.20. The van der Waals surface area contributed by atoms with Crippen molar-refractivity contribution < 1.29 is 46.4 Å². The Kier molecular flexibility index (Phi) is 7.76. The van der Waals surface area contributed by atoms with Gasteiger partial charge in [-0.15, -0.1) is 0 Å². The number of carbonyl (C=O) groups is 1. The summed E-state index contributed by atoms with van der Waals surface area (Å²) in [4.78, 5) is 42.0. The Bertz CT molecular complexity index is 1720. The third-order valence-electron chi connectivity index (χ3n) is 8.47. The Balaban J connectivity index is 1.10. The second-order valence-corrected chi connectivity index (χ2v) is 19.3. The van der Waals surface area contributed by atoms with Gasteiger partial charge in [0.1, 0.15) is 54.3 Å². The standard InChI is InChI=1S/C21H27FN10O9P2S3/c22-8-7-1-36-43(45,46)41-13-12-19(31-5-27-9-14(23)25-4-26-15(9)31)39-21(13,2-35-12)3-37-42(34,44)40-11(8)18(38-7)32-6-28-10-16(32)29-20(24)30-17(10)33/h4-8,10-13,16,18-20,29H,1-3,24H2,(H,30,33)(H,34,44)(H,45,46)(H2,23,25,26)/t7-,8+,10?,11-,12-,13+,16?,18-,19-,20?,21?,42?/m1/s1. The molecule has 19 nitrogen and oxygen atoms in total. The quantitative estimate of drug-likeness (QED) is 0.149. The number of aromatic nitrogens is 4. The number of nitrogen functional groups attached to an aromatic ring is 1. The topological polar surface area (TPSA) is 237 Å². The molecule has 1 amide bonds. The Morgan fingerprint density at radius 2 is 2.00 bits per heavy atom. The van der Waals surface area contributed by atoms with Gasteiger partial charge < -0.3 is 48.6 Å². The number of halogens is 1. The van der Waals surface area contributed by atoms with Gasteiger partial charge in [0, 0.05) is 0 Å². The fourth-order valence-electron chi connectivity index (χ4n) is 6.37. The number of carbonyl (C=O) groups excluding carboxylic acids is 1. The van der Waals surface area contributed by atoms with Crippen molar-refractivity contribution in [3.8, 4) is 0 Å². The van der Waals surface area contributed by atoms with Gasteiger partial charge in [0.2, 0.25) is 5.69 Å². The molecule has 7 N–H and O–H groups in total. The molecular weight excluding hydrogens is 713 g/mol. The van der Waals surface area contributed by atoms with E-state index in [4.69, 9.17) is 67.4 Å². The summed E-state index contributed by atoms with van der Waals surface area (Å²) in [5, 5.41) is 5.50. The molecule has 6 aliphatic rings.